The average Bonchev–Trinajstić information content (AvgIpc) is 2.89. The Morgan fingerprint density at radius 2 is 2.17 bits per heavy atom. The number of nitrogens with one attached hydrogen (secondary N) is 1. The van der Waals surface area contributed by atoms with Gasteiger partial charge in [0.15, 0.2) is 0 Å². The molecule has 0 radical (unpaired) electrons. The van der Waals surface area contributed by atoms with Crippen molar-refractivity contribution in [1.29, 1.82) is 0 Å². The summed E-state index contributed by atoms with van der Waals surface area (Å²) in [6.07, 6.45) is 3.06. The van der Waals surface area contributed by atoms with Gasteiger partial charge in [0.2, 0.25) is 0 Å². The minimum Gasteiger partial charge on any atom is -0.461 e. The zero-order valence-electron chi connectivity index (χ0n) is 14.5. The van der Waals surface area contributed by atoms with Gasteiger partial charge < -0.3 is 14.6 Å². The van der Waals surface area contributed by atoms with Crippen LogP contribution in [0.15, 0.2) is 22.6 Å². The number of rotatable bonds is 4. The molecule has 4 nitrogen and oxygen atoms in total. The lowest BCUT2D eigenvalue weighted by molar-refractivity contribution is 0.0828. The molecule has 1 unspecified atom stereocenters. The first kappa shape index (κ1) is 16.1. The first-order valence-electron chi connectivity index (χ1n) is 8.45. The van der Waals surface area contributed by atoms with Gasteiger partial charge in [-0.15, -0.1) is 0 Å². The summed E-state index contributed by atoms with van der Waals surface area (Å²) in [5.41, 5.74) is 2.90. The number of nitrogens with zero attached hydrogens (tertiary/aromatic N) is 1. The van der Waals surface area contributed by atoms with Crippen LogP contribution in [0.4, 0.5) is 0 Å². The molecule has 1 heterocycles. The summed E-state index contributed by atoms with van der Waals surface area (Å²) in [6, 6.07) is 6.28. The molecule has 0 saturated heterocycles. The van der Waals surface area contributed by atoms with Gasteiger partial charge in [-0.1, -0.05) is 13.8 Å². The van der Waals surface area contributed by atoms with Crippen molar-refractivity contribution in [2.75, 3.05) is 20.6 Å². The van der Waals surface area contributed by atoms with Crippen molar-refractivity contribution in [3.05, 3.63) is 35.1 Å². The monoisotopic (exact) mass is 314 g/mol. The van der Waals surface area contributed by atoms with Gasteiger partial charge in [0, 0.05) is 43.1 Å². The first-order chi connectivity index (χ1) is 11.0. The molecule has 0 spiro atoms. The highest BCUT2D eigenvalue weighted by atomic mass is 16.3. The average molecular weight is 314 g/mol. The van der Waals surface area contributed by atoms with Crippen molar-refractivity contribution < 1.29 is 9.21 Å². The molecule has 4 heteroatoms. The second-order valence-electron chi connectivity index (χ2n) is 7.16. The van der Waals surface area contributed by atoms with Crippen LogP contribution in [0.1, 0.15) is 41.9 Å². The Morgan fingerprint density at radius 3 is 2.87 bits per heavy atom. The van der Waals surface area contributed by atoms with Gasteiger partial charge in [0.25, 0.3) is 5.91 Å². The molecule has 1 aromatic carbocycles. The summed E-state index contributed by atoms with van der Waals surface area (Å²) in [7, 11) is 3.56. The molecule has 1 N–H and O–H groups in total. The maximum absolute atomic E-state index is 12.2. The highest BCUT2D eigenvalue weighted by Gasteiger charge is 2.24. The van der Waals surface area contributed by atoms with E-state index in [1.807, 2.05) is 18.2 Å². The number of hydrogen-bond acceptors (Lipinski definition) is 3. The fourth-order valence-electron chi connectivity index (χ4n) is 3.25. The maximum atomic E-state index is 12.2. The largest absolute Gasteiger partial charge is 0.461 e. The summed E-state index contributed by atoms with van der Waals surface area (Å²) < 4.78 is 6.01. The third-order valence-corrected chi connectivity index (χ3v) is 4.51. The predicted molar refractivity (Wildman–Crippen MR) is 92.9 cm³/mol. The lowest BCUT2D eigenvalue weighted by atomic mass is 9.91. The molecular formula is C19H26N2O2. The highest BCUT2D eigenvalue weighted by Crippen LogP contribution is 2.32. The Balaban J connectivity index is 1.90. The molecule has 1 amide bonds. The zero-order valence-corrected chi connectivity index (χ0v) is 14.5. The second kappa shape index (κ2) is 6.36. The van der Waals surface area contributed by atoms with E-state index < -0.39 is 0 Å². The topological polar surface area (TPSA) is 45.5 Å². The van der Waals surface area contributed by atoms with Crippen molar-refractivity contribution in [3.63, 3.8) is 0 Å². The Bertz CT molecular complexity index is 715. The fraction of sp³-hybridized carbons (Fsp3) is 0.526. The van der Waals surface area contributed by atoms with Crippen molar-refractivity contribution in [3.8, 4) is 0 Å². The van der Waals surface area contributed by atoms with Crippen molar-refractivity contribution in [2.24, 2.45) is 5.92 Å². The number of fused-ring (bicyclic) bond motifs is 3. The number of carbonyl (C=O) groups excluding carboxylic acids is 1. The van der Waals surface area contributed by atoms with Crippen LogP contribution in [0.2, 0.25) is 0 Å². The molecule has 124 valence electrons. The standard InChI is InChI=1S/C19H26N2O2/c1-12(2)11-20-14-6-8-18-16(10-14)15-9-13(19(22)21(3)4)5-7-17(15)23-18/h5,7,9,12,14,20H,6,8,10-11H2,1-4H3. The molecule has 0 fully saturated rings. The van der Waals surface area contributed by atoms with E-state index in [1.165, 1.54) is 5.56 Å². The third-order valence-electron chi connectivity index (χ3n) is 4.51. The van der Waals surface area contributed by atoms with E-state index in [-0.39, 0.29) is 5.91 Å². The van der Waals surface area contributed by atoms with Crippen molar-refractivity contribution in [2.45, 2.75) is 39.2 Å². The lowest BCUT2D eigenvalue weighted by Crippen LogP contribution is -2.36. The molecule has 0 aliphatic heterocycles. The van der Waals surface area contributed by atoms with Crippen LogP contribution in [0.25, 0.3) is 11.0 Å². The van der Waals surface area contributed by atoms with Gasteiger partial charge in [-0.05, 0) is 43.5 Å². The van der Waals surface area contributed by atoms with Gasteiger partial charge >= 0.3 is 0 Å². The van der Waals surface area contributed by atoms with Crippen LogP contribution in [-0.4, -0.2) is 37.5 Å². The number of furan rings is 1. The van der Waals surface area contributed by atoms with E-state index in [4.69, 9.17) is 4.42 Å². The molecule has 3 rings (SSSR count). The predicted octanol–water partition coefficient (Wildman–Crippen LogP) is 3.24. The fourth-order valence-corrected chi connectivity index (χ4v) is 3.25. The number of benzene rings is 1. The smallest absolute Gasteiger partial charge is 0.253 e. The van der Waals surface area contributed by atoms with Crippen LogP contribution in [0, 0.1) is 5.92 Å². The zero-order chi connectivity index (χ0) is 16.6. The van der Waals surface area contributed by atoms with Crippen LogP contribution in [0.3, 0.4) is 0 Å². The van der Waals surface area contributed by atoms with Gasteiger partial charge in [-0.2, -0.15) is 0 Å². The van der Waals surface area contributed by atoms with E-state index in [9.17, 15) is 4.79 Å². The van der Waals surface area contributed by atoms with E-state index in [2.05, 4.69) is 19.2 Å². The molecule has 1 atom stereocenters. The van der Waals surface area contributed by atoms with E-state index in [1.54, 1.807) is 19.0 Å². The summed E-state index contributed by atoms with van der Waals surface area (Å²) in [5, 5.41) is 4.76. The van der Waals surface area contributed by atoms with Crippen LogP contribution >= 0.6 is 0 Å². The van der Waals surface area contributed by atoms with Gasteiger partial charge in [0.1, 0.15) is 11.3 Å². The van der Waals surface area contributed by atoms with E-state index in [0.29, 0.717) is 12.0 Å². The summed E-state index contributed by atoms with van der Waals surface area (Å²) in [6.45, 7) is 5.50. The first-order valence-corrected chi connectivity index (χ1v) is 8.45. The van der Waals surface area contributed by atoms with Crippen LogP contribution in [0.5, 0.6) is 0 Å². The number of hydrogen-bond donors (Lipinski definition) is 1. The molecule has 2 aromatic rings. The molecule has 1 aliphatic carbocycles. The minimum absolute atomic E-state index is 0.0344. The van der Waals surface area contributed by atoms with E-state index >= 15 is 0 Å². The molecule has 1 aliphatic rings. The summed E-state index contributed by atoms with van der Waals surface area (Å²) >= 11 is 0. The van der Waals surface area contributed by atoms with E-state index in [0.717, 1.165) is 48.1 Å². The minimum atomic E-state index is 0.0344. The van der Waals surface area contributed by atoms with Crippen molar-refractivity contribution >= 4 is 16.9 Å². The maximum Gasteiger partial charge on any atom is 0.253 e. The molecule has 1 aromatic heterocycles. The Morgan fingerprint density at radius 1 is 1.39 bits per heavy atom. The Kier molecular flexibility index (Phi) is 4.44. The van der Waals surface area contributed by atoms with Gasteiger partial charge in [-0.25, -0.2) is 0 Å². The summed E-state index contributed by atoms with van der Waals surface area (Å²) in [5.74, 6) is 1.78. The van der Waals surface area contributed by atoms with Crippen LogP contribution in [-0.2, 0) is 12.8 Å². The molecular weight excluding hydrogens is 288 g/mol. The Labute approximate surface area is 137 Å². The SMILES string of the molecule is CC(C)CNC1CCc2oc3ccc(C(=O)N(C)C)cc3c2C1. The molecule has 0 saturated carbocycles. The normalized spacial score (nSPS) is 17.5. The van der Waals surface area contributed by atoms with Crippen molar-refractivity contribution in [1.82, 2.24) is 10.2 Å². The Hall–Kier alpha value is -1.81. The molecule has 23 heavy (non-hydrogen) atoms. The van der Waals surface area contributed by atoms with Crippen LogP contribution < -0.4 is 5.32 Å². The second-order valence-corrected chi connectivity index (χ2v) is 7.16. The summed E-state index contributed by atoms with van der Waals surface area (Å²) in [4.78, 5) is 13.8. The molecule has 0 bridgehead atoms. The highest BCUT2D eigenvalue weighted by molar-refractivity contribution is 5.98. The third kappa shape index (κ3) is 3.27. The number of carbonyl (C=O) groups is 1. The number of aryl methyl sites for hydroxylation is 1. The lowest BCUT2D eigenvalue weighted by Gasteiger charge is -2.23. The van der Waals surface area contributed by atoms with Gasteiger partial charge in [-0.3, -0.25) is 4.79 Å². The quantitative estimate of drug-likeness (QED) is 0.942. The van der Waals surface area contributed by atoms with Gasteiger partial charge in [0.05, 0.1) is 0 Å². The number of amides is 1.